The summed E-state index contributed by atoms with van der Waals surface area (Å²) in [5, 5.41) is 8.35. The molecule has 0 saturated heterocycles. The van der Waals surface area contributed by atoms with Gasteiger partial charge in [-0.15, -0.1) is 0 Å². The van der Waals surface area contributed by atoms with Gasteiger partial charge in [-0.2, -0.15) is 13.2 Å². The number of aromatic nitrogens is 1. The van der Waals surface area contributed by atoms with E-state index in [2.05, 4.69) is 9.72 Å². The molecular formula is C9H7ClF3NO3. The summed E-state index contributed by atoms with van der Waals surface area (Å²) in [6, 6.07) is 2.40. The number of hydrogen-bond donors (Lipinski definition) is 1. The van der Waals surface area contributed by atoms with Gasteiger partial charge in [-0.25, -0.2) is 9.78 Å². The number of carboxylic acids is 1. The second-order valence-corrected chi connectivity index (χ2v) is 3.41. The van der Waals surface area contributed by atoms with E-state index in [1.165, 1.54) is 6.07 Å². The molecule has 1 aromatic heterocycles. The van der Waals surface area contributed by atoms with Gasteiger partial charge in [0.15, 0.2) is 0 Å². The zero-order valence-corrected chi connectivity index (χ0v) is 9.05. The molecule has 0 radical (unpaired) electrons. The third-order valence-corrected chi connectivity index (χ3v) is 1.94. The Morgan fingerprint density at radius 3 is 2.59 bits per heavy atom. The Kier molecular flexibility index (Phi) is 4.30. The number of halogens is 4. The van der Waals surface area contributed by atoms with E-state index < -0.39 is 18.8 Å². The molecule has 0 saturated carbocycles. The number of hydrogen-bond acceptors (Lipinski definition) is 3. The second kappa shape index (κ2) is 5.33. The molecule has 0 amide bonds. The van der Waals surface area contributed by atoms with Crippen molar-refractivity contribution in [3.63, 3.8) is 0 Å². The summed E-state index contributed by atoms with van der Waals surface area (Å²) in [5.41, 5.74) is -0.0875. The highest BCUT2D eigenvalue weighted by molar-refractivity contribution is 6.32. The fourth-order valence-corrected chi connectivity index (χ4v) is 1.24. The molecular weight excluding hydrogens is 263 g/mol. The fourth-order valence-electron chi connectivity index (χ4n) is 0.983. The first-order valence-electron chi connectivity index (χ1n) is 4.33. The minimum absolute atomic E-state index is 0.129. The maximum Gasteiger partial charge on any atom is 0.411 e. The van der Waals surface area contributed by atoms with Crippen LogP contribution < -0.4 is 0 Å². The lowest BCUT2D eigenvalue weighted by Gasteiger charge is -2.07. The Labute approximate surface area is 99.0 Å². The molecule has 8 heteroatoms. The molecule has 0 spiro atoms. The van der Waals surface area contributed by atoms with Gasteiger partial charge in [0, 0.05) is 0 Å². The van der Waals surface area contributed by atoms with E-state index in [-0.39, 0.29) is 23.0 Å². The maximum absolute atomic E-state index is 11.8. The molecule has 4 nitrogen and oxygen atoms in total. The summed E-state index contributed by atoms with van der Waals surface area (Å²) in [5.74, 6) is -1.26. The van der Waals surface area contributed by atoms with Crippen molar-refractivity contribution in [1.82, 2.24) is 4.98 Å². The molecule has 0 aliphatic carbocycles. The van der Waals surface area contributed by atoms with Gasteiger partial charge >= 0.3 is 12.1 Å². The number of pyridine rings is 1. The molecule has 0 fully saturated rings. The molecule has 1 aromatic rings. The van der Waals surface area contributed by atoms with Crippen molar-refractivity contribution in [2.75, 3.05) is 6.61 Å². The smallest absolute Gasteiger partial charge is 0.411 e. The molecule has 0 unspecified atom stereocenters. The Hall–Kier alpha value is -1.34. The highest BCUT2D eigenvalue weighted by Crippen LogP contribution is 2.17. The van der Waals surface area contributed by atoms with Crippen molar-refractivity contribution >= 4 is 17.6 Å². The molecule has 94 valence electrons. The van der Waals surface area contributed by atoms with Crippen LogP contribution in [0.25, 0.3) is 0 Å². The fraction of sp³-hybridized carbons (Fsp3) is 0.333. The maximum atomic E-state index is 11.8. The number of carbonyl (C=O) groups is 1. The van der Waals surface area contributed by atoms with Crippen molar-refractivity contribution in [2.45, 2.75) is 12.8 Å². The van der Waals surface area contributed by atoms with Gasteiger partial charge in [-0.3, -0.25) is 0 Å². The van der Waals surface area contributed by atoms with E-state index in [1.54, 1.807) is 0 Å². The highest BCUT2D eigenvalue weighted by atomic mass is 35.5. The lowest BCUT2D eigenvalue weighted by molar-refractivity contribution is -0.176. The topological polar surface area (TPSA) is 59.4 Å². The molecule has 0 aromatic carbocycles. The van der Waals surface area contributed by atoms with Gasteiger partial charge in [-0.05, 0) is 12.1 Å². The van der Waals surface area contributed by atoms with E-state index in [1.807, 2.05) is 0 Å². The van der Waals surface area contributed by atoms with Crippen molar-refractivity contribution < 1.29 is 27.8 Å². The van der Waals surface area contributed by atoms with Crippen LogP contribution in [-0.4, -0.2) is 28.8 Å². The van der Waals surface area contributed by atoms with Gasteiger partial charge in [0.1, 0.15) is 11.8 Å². The summed E-state index contributed by atoms with van der Waals surface area (Å²) in [7, 11) is 0. The lowest BCUT2D eigenvalue weighted by atomic mass is 10.2. The molecule has 0 bridgehead atoms. The van der Waals surface area contributed by atoms with Crippen molar-refractivity contribution in [1.29, 1.82) is 0 Å². The summed E-state index contributed by atoms with van der Waals surface area (Å²) in [4.78, 5) is 14.2. The largest absolute Gasteiger partial charge is 0.478 e. The summed E-state index contributed by atoms with van der Waals surface area (Å²) in [6.45, 7) is -1.79. The number of ether oxygens (including phenoxy) is 1. The standard InChI is InChI=1S/C9H7ClF3NO3/c10-7-6(8(15)16)2-1-5(14-7)3-17-4-9(11,12)13/h1-2H,3-4H2,(H,15,16). The van der Waals surface area contributed by atoms with E-state index in [0.717, 1.165) is 6.07 Å². The monoisotopic (exact) mass is 269 g/mol. The molecule has 1 N–H and O–H groups in total. The minimum atomic E-state index is -4.41. The molecule has 0 atom stereocenters. The van der Waals surface area contributed by atoms with Gasteiger partial charge in [-0.1, -0.05) is 11.6 Å². The minimum Gasteiger partial charge on any atom is -0.478 e. The second-order valence-electron chi connectivity index (χ2n) is 3.05. The number of carboxylic acid groups (broad SMARTS) is 1. The van der Waals surface area contributed by atoms with E-state index >= 15 is 0 Å². The van der Waals surface area contributed by atoms with Crippen LogP contribution in [-0.2, 0) is 11.3 Å². The molecule has 0 aliphatic rings. The van der Waals surface area contributed by atoms with Gasteiger partial charge in [0.25, 0.3) is 0 Å². The normalized spacial score (nSPS) is 11.5. The summed E-state index contributed by atoms with van der Waals surface area (Å²) < 4.78 is 39.6. The van der Waals surface area contributed by atoms with Crippen molar-refractivity contribution in [3.05, 3.63) is 28.5 Å². The average Bonchev–Trinajstić information content (AvgIpc) is 2.15. The molecule has 17 heavy (non-hydrogen) atoms. The van der Waals surface area contributed by atoms with Crippen LogP contribution in [0.3, 0.4) is 0 Å². The SMILES string of the molecule is O=C(O)c1ccc(COCC(F)(F)F)nc1Cl. The number of nitrogens with zero attached hydrogens (tertiary/aromatic N) is 1. The Balaban J connectivity index is 2.62. The van der Waals surface area contributed by atoms with E-state index in [9.17, 15) is 18.0 Å². The summed E-state index contributed by atoms with van der Waals surface area (Å²) >= 11 is 5.52. The first-order valence-corrected chi connectivity index (χ1v) is 4.70. The third-order valence-electron chi connectivity index (χ3n) is 1.65. The number of rotatable bonds is 4. The highest BCUT2D eigenvalue weighted by Gasteiger charge is 2.27. The number of aromatic carboxylic acids is 1. The molecule has 1 heterocycles. The van der Waals surface area contributed by atoms with Crippen LogP contribution in [0.2, 0.25) is 5.15 Å². The predicted octanol–water partition coefficient (Wildman–Crippen LogP) is 2.51. The average molecular weight is 270 g/mol. The Morgan fingerprint density at radius 1 is 1.47 bits per heavy atom. The van der Waals surface area contributed by atoms with Gasteiger partial charge in [0.05, 0.1) is 17.9 Å². The first kappa shape index (κ1) is 13.7. The van der Waals surface area contributed by atoms with Gasteiger partial charge in [0.2, 0.25) is 0 Å². The van der Waals surface area contributed by atoms with Gasteiger partial charge < -0.3 is 9.84 Å². The van der Waals surface area contributed by atoms with Crippen molar-refractivity contribution in [2.24, 2.45) is 0 Å². The zero-order chi connectivity index (χ0) is 13.1. The van der Waals surface area contributed by atoms with Crippen LogP contribution >= 0.6 is 11.6 Å². The van der Waals surface area contributed by atoms with Crippen LogP contribution in [0.4, 0.5) is 13.2 Å². The van der Waals surface area contributed by atoms with Crippen LogP contribution in [0, 0.1) is 0 Å². The Bertz CT molecular complexity index is 422. The summed E-state index contributed by atoms with van der Waals surface area (Å²) in [6.07, 6.45) is -4.41. The quantitative estimate of drug-likeness (QED) is 0.853. The number of alkyl halides is 3. The molecule has 1 rings (SSSR count). The van der Waals surface area contributed by atoms with Crippen LogP contribution in [0.5, 0.6) is 0 Å². The van der Waals surface area contributed by atoms with Crippen LogP contribution in [0.15, 0.2) is 12.1 Å². The van der Waals surface area contributed by atoms with Crippen LogP contribution in [0.1, 0.15) is 16.1 Å². The zero-order valence-electron chi connectivity index (χ0n) is 8.29. The van der Waals surface area contributed by atoms with E-state index in [0.29, 0.717) is 0 Å². The third kappa shape index (κ3) is 4.58. The Morgan fingerprint density at radius 2 is 2.12 bits per heavy atom. The lowest BCUT2D eigenvalue weighted by Crippen LogP contribution is -2.17. The molecule has 0 aliphatic heterocycles. The van der Waals surface area contributed by atoms with E-state index in [4.69, 9.17) is 16.7 Å². The first-order chi connectivity index (χ1) is 7.79. The van der Waals surface area contributed by atoms with Crippen molar-refractivity contribution in [3.8, 4) is 0 Å². The predicted molar refractivity (Wildman–Crippen MR) is 51.9 cm³/mol.